The van der Waals surface area contributed by atoms with Crippen molar-refractivity contribution in [1.82, 2.24) is 15.2 Å². The second-order valence-corrected chi connectivity index (χ2v) is 6.85. The van der Waals surface area contributed by atoms with E-state index in [9.17, 15) is 5.26 Å². The zero-order valence-corrected chi connectivity index (χ0v) is 16.1. The zero-order chi connectivity index (χ0) is 20.1. The average Bonchev–Trinajstić information content (AvgIpc) is 3.14. The number of benzene rings is 2. The molecule has 2 aromatic carbocycles. The predicted molar refractivity (Wildman–Crippen MR) is 114 cm³/mol. The number of nitrogens with one attached hydrogen (secondary N) is 1. The number of hydrogen-bond acceptors (Lipinski definition) is 4. The van der Waals surface area contributed by atoms with Crippen LogP contribution in [0.25, 0.3) is 11.3 Å². The highest BCUT2D eigenvalue weighted by molar-refractivity contribution is 6.30. The number of aromatic amines is 1. The third-order valence-corrected chi connectivity index (χ3v) is 4.65. The number of pyridine rings is 1. The van der Waals surface area contributed by atoms with Gasteiger partial charge in [-0.2, -0.15) is 10.4 Å². The molecule has 4 aromatic rings. The SMILES string of the molecule is N#Cc1c(N=Cc2ccc(-c3ccccn3)cc2)n[nH]c1Cc1cccc(Cl)c1. The van der Waals surface area contributed by atoms with Gasteiger partial charge in [0.2, 0.25) is 0 Å². The molecule has 6 heteroatoms. The van der Waals surface area contributed by atoms with Gasteiger partial charge in [0.25, 0.3) is 0 Å². The van der Waals surface area contributed by atoms with Gasteiger partial charge in [0, 0.05) is 29.4 Å². The Kier molecular flexibility index (Phi) is 5.46. The molecule has 0 radical (unpaired) electrons. The molecule has 2 heterocycles. The van der Waals surface area contributed by atoms with Crippen molar-refractivity contribution in [3.63, 3.8) is 0 Å². The summed E-state index contributed by atoms with van der Waals surface area (Å²) >= 11 is 6.04. The van der Waals surface area contributed by atoms with E-state index < -0.39 is 0 Å². The van der Waals surface area contributed by atoms with Gasteiger partial charge in [-0.15, -0.1) is 0 Å². The lowest BCUT2D eigenvalue weighted by atomic mass is 10.1. The Morgan fingerprint density at radius 1 is 1.07 bits per heavy atom. The molecular formula is C23H16ClN5. The lowest BCUT2D eigenvalue weighted by molar-refractivity contribution is 0.993. The summed E-state index contributed by atoms with van der Waals surface area (Å²) in [7, 11) is 0. The highest BCUT2D eigenvalue weighted by Gasteiger charge is 2.12. The fourth-order valence-electron chi connectivity index (χ4n) is 2.97. The van der Waals surface area contributed by atoms with Crippen LogP contribution in [0, 0.1) is 11.3 Å². The van der Waals surface area contributed by atoms with Crippen LogP contribution in [-0.2, 0) is 6.42 Å². The highest BCUT2D eigenvalue weighted by Crippen LogP contribution is 2.23. The molecule has 1 N–H and O–H groups in total. The molecule has 0 bridgehead atoms. The Balaban J connectivity index is 1.53. The third kappa shape index (κ3) is 4.40. The van der Waals surface area contributed by atoms with Gasteiger partial charge in [-0.1, -0.05) is 54.1 Å². The first-order chi connectivity index (χ1) is 14.2. The van der Waals surface area contributed by atoms with E-state index in [2.05, 4.69) is 26.2 Å². The first kappa shape index (κ1) is 18.6. The van der Waals surface area contributed by atoms with Gasteiger partial charge < -0.3 is 0 Å². The second kappa shape index (κ2) is 8.51. The van der Waals surface area contributed by atoms with Crippen LogP contribution in [0.4, 0.5) is 5.82 Å². The number of hydrogen-bond donors (Lipinski definition) is 1. The summed E-state index contributed by atoms with van der Waals surface area (Å²) in [6.07, 6.45) is 4.00. The average molecular weight is 398 g/mol. The van der Waals surface area contributed by atoms with Crippen LogP contribution in [0.15, 0.2) is 77.9 Å². The lowest BCUT2D eigenvalue weighted by Gasteiger charge is -2.01. The standard InChI is InChI=1S/C23H16ClN5/c24-19-5-3-4-17(12-19)13-22-20(14-25)23(29-28-22)27-15-16-7-9-18(10-8-16)21-6-1-2-11-26-21/h1-12,15H,13H2,(H,28,29). The minimum Gasteiger partial charge on any atom is -0.279 e. The number of aromatic nitrogens is 3. The molecule has 0 fully saturated rings. The molecule has 0 amide bonds. The van der Waals surface area contributed by atoms with Crippen molar-refractivity contribution < 1.29 is 0 Å². The molecule has 4 rings (SSSR count). The Morgan fingerprint density at radius 2 is 1.93 bits per heavy atom. The first-order valence-electron chi connectivity index (χ1n) is 9.00. The van der Waals surface area contributed by atoms with Crippen LogP contribution in [-0.4, -0.2) is 21.4 Å². The van der Waals surface area contributed by atoms with Gasteiger partial charge in [-0.3, -0.25) is 10.1 Å². The summed E-state index contributed by atoms with van der Waals surface area (Å²) in [5, 5.41) is 17.3. The first-order valence-corrected chi connectivity index (χ1v) is 9.38. The molecule has 0 saturated carbocycles. The van der Waals surface area contributed by atoms with E-state index >= 15 is 0 Å². The maximum Gasteiger partial charge on any atom is 0.191 e. The fraction of sp³-hybridized carbons (Fsp3) is 0.0435. The topological polar surface area (TPSA) is 77.7 Å². The summed E-state index contributed by atoms with van der Waals surface area (Å²) in [4.78, 5) is 8.74. The van der Waals surface area contributed by atoms with Crippen molar-refractivity contribution in [2.24, 2.45) is 4.99 Å². The number of nitriles is 1. The molecule has 0 aliphatic rings. The van der Waals surface area contributed by atoms with Crippen LogP contribution < -0.4 is 0 Å². The van der Waals surface area contributed by atoms with Gasteiger partial charge >= 0.3 is 0 Å². The fourth-order valence-corrected chi connectivity index (χ4v) is 3.18. The number of aliphatic imine (C=N–C) groups is 1. The third-order valence-electron chi connectivity index (χ3n) is 4.41. The molecule has 0 unspecified atom stereocenters. The molecule has 29 heavy (non-hydrogen) atoms. The molecule has 0 aliphatic carbocycles. The minimum atomic E-state index is 0.373. The van der Waals surface area contributed by atoms with Gasteiger partial charge in [0.05, 0.1) is 11.4 Å². The smallest absolute Gasteiger partial charge is 0.191 e. The Labute approximate surface area is 173 Å². The van der Waals surface area contributed by atoms with Gasteiger partial charge in [0.1, 0.15) is 11.6 Å². The van der Waals surface area contributed by atoms with Crippen molar-refractivity contribution >= 4 is 23.6 Å². The van der Waals surface area contributed by atoms with Crippen molar-refractivity contribution in [2.45, 2.75) is 6.42 Å². The van der Waals surface area contributed by atoms with Crippen LogP contribution >= 0.6 is 11.6 Å². The van der Waals surface area contributed by atoms with Crippen molar-refractivity contribution in [2.75, 3.05) is 0 Å². The maximum atomic E-state index is 9.56. The molecule has 5 nitrogen and oxygen atoms in total. The number of halogens is 1. The highest BCUT2D eigenvalue weighted by atomic mass is 35.5. The van der Waals surface area contributed by atoms with E-state index in [0.717, 1.165) is 22.4 Å². The molecule has 140 valence electrons. The molecular weight excluding hydrogens is 382 g/mol. The van der Waals surface area contributed by atoms with Crippen LogP contribution in [0.2, 0.25) is 5.02 Å². The molecule has 2 aromatic heterocycles. The second-order valence-electron chi connectivity index (χ2n) is 6.41. The van der Waals surface area contributed by atoms with Crippen molar-refractivity contribution in [3.05, 3.63) is 100 Å². The number of H-pyrrole nitrogens is 1. The lowest BCUT2D eigenvalue weighted by Crippen LogP contribution is -1.91. The quantitative estimate of drug-likeness (QED) is 0.462. The summed E-state index contributed by atoms with van der Waals surface area (Å²) < 4.78 is 0. The molecule has 0 saturated heterocycles. The summed E-state index contributed by atoms with van der Waals surface area (Å²) in [6, 6.07) is 23.4. The largest absolute Gasteiger partial charge is 0.279 e. The van der Waals surface area contributed by atoms with Gasteiger partial charge in [-0.05, 0) is 35.4 Å². The zero-order valence-electron chi connectivity index (χ0n) is 15.4. The monoisotopic (exact) mass is 397 g/mol. The Hall–Kier alpha value is -3.75. The van der Waals surface area contributed by atoms with Crippen LogP contribution in [0.1, 0.15) is 22.4 Å². The summed E-state index contributed by atoms with van der Waals surface area (Å²) in [5.41, 5.74) is 5.01. The summed E-state index contributed by atoms with van der Waals surface area (Å²) in [6.45, 7) is 0. The Bertz CT molecular complexity index is 1190. The van der Waals surface area contributed by atoms with Crippen LogP contribution in [0.5, 0.6) is 0 Å². The molecule has 0 spiro atoms. The molecule has 0 aliphatic heterocycles. The number of nitrogens with zero attached hydrogens (tertiary/aromatic N) is 4. The van der Waals surface area contributed by atoms with E-state index in [1.54, 1.807) is 12.4 Å². The predicted octanol–water partition coefficient (Wildman–Crippen LogP) is 5.34. The van der Waals surface area contributed by atoms with E-state index in [1.165, 1.54) is 0 Å². The minimum absolute atomic E-state index is 0.373. The number of rotatable bonds is 5. The van der Waals surface area contributed by atoms with Gasteiger partial charge in [-0.25, -0.2) is 4.99 Å². The van der Waals surface area contributed by atoms with Gasteiger partial charge in [0.15, 0.2) is 5.82 Å². The van der Waals surface area contributed by atoms with Crippen molar-refractivity contribution in [1.29, 1.82) is 5.26 Å². The molecule has 0 atom stereocenters. The van der Waals surface area contributed by atoms with E-state index in [0.29, 0.717) is 28.5 Å². The Morgan fingerprint density at radius 3 is 2.66 bits per heavy atom. The normalized spacial score (nSPS) is 10.9. The van der Waals surface area contributed by atoms with E-state index in [1.807, 2.05) is 66.7 Å². The van der Waals surface area contributed by atoms with Crippen LogP contribution in [0.3, 0.4) is 0 Å². The van der Waals surface area contributed by atoms with Crippen molar-refractivity contribution in [3.8, 4) is 17.3 Å². The van der Waals surface area contributed by atoms with E-state index in [4.69, 9.17) is 11.6 Å². The maximum absolute atomic E-state index is 9.56. The van der Waals surface area contributed by atoms with E-state index in [-0.39, 0.29) is 0 Å². The summed E-state index contributed by atoms with van der Waals surface area (Å²) in [5.74, 6) is 0.373.